The fraction of sp³-hybridized carbons (Fsp3) is 0.900. The summed E-state index contributed by atoms with van der Waals surface area (Å²) >= 11 is 0. The van der Waals surface area contributed by atoms with E-state index in [9.17, 15) is 0 Å². The molecule has 0 aromatic rings. The zero-order valence-corrected chi connectivity index (χ0v) is 16.3. The number of hydrogen-bond donors (Lipinski definition) is 0. The average Bonchev–Trinajstić information content (AvgIpc) is 2.54. The molecule has 0 rings (SSSR count). The molecule has 0 saturated carbocycles. The summed E-state index contributed by atoms with van der Waals surface area (Å²) in [4.78, 5) is 0. The van der Waals surface area contributed by atoms with E-state index in [1.165, 1.54) is 38.5 Å². The molecule has 0 spiro atoms. The van der Waals surface area contributed by atoms with Crippen LogP contribution >= 0.6 is 0 Å². The van der Waals surface area contributed by atoms with E-state index < -0.39 is 5.79 Å². The predicted octanol–water partition coefficient (Wildman–Crippen LogP) is 5.74. The summed E-state index contributed by atoms with van der Waals surface area (Å²) in [7, 11) is 3.49. The molecule has 0 radical (unpaired) electrons. The molecule has 0 aliphatic heterocycles. The van der Waals surface area contributed by atoms with Crippen molar-refractivity contribution >= 4 is 0 Å². The second kappa shape index (κ2) is 14.0. The smallest absolute Gasteiger partial charge is 0.167 e. The maximum Gasteiger partial charge on any atom is 0.167 e. The van der Waals surface area contributed by atoms with Gasteiger partial charge in [-0.2, -0.15) is 0 Å². The van der Waals surface area contributed by atoms with Crippen molar-refractivity contribution in [1.82, 2.24) is 0 Å². The Morgan fingerprint density at radius 2 is 1.52 bits per heavy atom. The van der Waals surface area contributed by atoms with Crippen molar-refractivity contribution in [2.45, 2.75) is 84.3 Å². The Morgan fingerprint density at radius 1 is 0.957 bits per heavy atom. The van der Waals surface area contributed by atoms with Crippen molar-refractivity contribution < 1.29 is 14.2 Å². The summed E-state index contributed by atoms with van der Waals surface area (Å²) in [5.74, 6) is -0.0743. The molecule has 0 heterocycles. The molecule has 1 unspecified atom stereocenters. The van der Waals surface area contributed by atoms with Crippen molar-refractivity contribution in [3.8, 4) is 0 Å². The van der Waals surface area contributed by atoms with Crippen LogP contribution in [0, 0.1) is 5.92 Å². The van der Waals surface area contributed by atoms with E-state index in [1.807, 2.05) is 6.92 Å². The zero-order valence-electron chi connectivity index (χ0n) is 16.3. The summed E-state index contributed by atoms with van der Waals surface area (Å²) in [6.45, 7) is 11.6. The highest BCUT2D eigenvalue weighted by molar-refractivity contribution is 4.87. The topological polar surface area (TPSA) is 27.7 Å². The third kappa shape index (κ3) is 10.9. The highest BCUT2D eigenvalue weighted by atomic mass is 16.7. The van der Waals surface area contributed by atoms with Gasteiger partial charge in [0.2, 0.25) is 0 Å². The number of hydrogen-bond acceptors (Lipinski definition) is 3. The predicted molar refractivity (Wildman–Crippen MR) is 98.8 cm³/mol. The minimum Gasteiger partial charge on any atom is -0.377 e. The van der Waals surface area contributed by atoms with Gasteiger partial charge in [0.1, 0.15) is 0 Å². The van der Waals surface area contributed by atoms with Gasteiger partial charge in [0.25, 0.3) is 0 Å². The van der Waals surface area contributed by atoms with E-state index in [2.05, 4.69) is 20.4 Å². The summed E-state index contributed by atoms with van der Waals surface area (Å²) < 4.78 is 16.9. The van der Waals surface area contributed by atoms with E-state index in [0.29, 0.717) is 12.5 Å². The first-order valence-electron chi connectivity index (χ1n) is 9.32. The number of unbranched alkanes of at least 4 members (excludes halogenated alkanes) is 5. The third-order valence-electron chi connectivity index (χ3n) is 4.65. The van der Waals surface area contributed by atoms with Crippen LogP contribution in [0.15, 0.2) is 12.2 Å². The van der Waals surface area contributed by atoms with Gasteiger partial charge in [-0.25, -0.2) is 0 Å². The molecule has 138 valence electrons. The SMILES string of the molecule is C=C(C)COCCCC(CCCCCCCC)C(C)(OC)OC. The first kappa shape index (κ1) is 22.6. The average molecular weight is 329 g/mol. The van der Waals surface area contributed by atoms with E-state index in [0.717, 1.165) is 31.4 Å². The van der Waals surface area contributed by atoms with Crippen LogP contribution in [0.4, 0.5) is 0 Å². The molecule has 0 N–H and O–H groups in total. The molecule has 0 fully saturated rings. The standard InChI is InChI=1S/C20H40O3/c1-7-8-9-10-11-12-14-19(20(4,21-5)22-6)15-13-16-23-17-18(2)3/h19H,2,7-17H2,1,3-6H3. The first-order chi connectivity index (χ1) is 11.0. The van der Waals surface area contributed by atoms with Crippen LogP contribution in [-0.4, -0.2) is 33.2 Å². The summed E-state index contributed by atoms with van der Waals surface area (Å²) in [5, 5.41) is 0. The van der Waals surface area contributed by atoms with E-state index in [-0.39, 0.29) is 0 Å². The van der Waals surface area contributed by atoms with Gasteiger partial charge in [-0.05, 0) is 33.1 Å². The second-order valence-electron chi connectivity index (χ2n) is 6.83. The monoisotopic (exact) mass is 328 g/mol. The lowest BCUT2D eigenvalue weighted by atomic mass is 9.88. The second-order valence-corrected chi connectivity index (χ2v) is 6.83. The summed E-state index contributed by atoms with van der Waals surface area (Å²) in [5.41, 5.74) is 1.08. The van der Waals surface area contributed by atoms with Gasteiger partial charge in [-0.1, -0.05) is 57.6 Å². The van der Waals surface area contributed by atoms with Crippen LogP contribution in [0.25, 0.3) is 0 Å². The molecule has 0 aromatic heterocycles. The van der Waals surface area contributed by atoms with Crippen LogP contribution in [0.2, 0.25) is 0 Å². The van der Waals surface area contributed by atoms with Crippen LogP contribution < -0.4 is 0 Å². The lowest BCUT2D eigenvalue weighted by molar-refractivity contribution is -0.230. The van der Waals surface area contributed by atoms with Crippen LogP contribution in [0.3, 0.4) is 0 Å². The minimum absolute atomic E-state index is 0.414. The summed E-state index contributed by atoms with van der Waals surface area (Å²) in [6.07, 6.45) is 11.2. The lowest BCUT2D eigenvalue weighted by Gasteiger charge is -2.35. The Morgan fingerprint density at radius 3 is 2.09 bits per heavy atom. The Balaban J connectivity index is 4.16. The molecule has 23 heavy (non-hydrogen) atoms. The van der Waals surface area contributed by atoms with Gasteiger partial charge in [-0.15, -0.1) is 0 Å². The first-order valence-corrected chi connectivity index (χ1v) is 9.32. The van der Waals surface area contributed by atoms with Crippen molar-refractivity contribution in [3.05, 3.63) is 12.2 Å². The van der Waals surface area contributed by atoms with Crippen molar-refractivity contribution in [2.75, 3.05) is 27.4 Å². The Labute approximate surface area is 144 Å². The van der Waals surface area contributed by atoms with Crippen LogP contribution in [0.5, 0.6) is 0 Å². The summed E-state index contributed by atoms with van der Waals surface area (Å²) in [6, 6.07) is 0. The van der Waals surface area contributed by atoms with Crippen molar-refractivity contribution in [3.63, 3.8) is 0 Å². The van der Waals surface area contributed by atoms with Gasteiger partial charge in [0.05, 0.1) is 6.61 Å². The van der Waals surface area contributed by atoms with Gasteiger partial charge in [0, 0.05) is 26.7 Å². The van der Waals surface area contributed by atoms with Gasteiger partial charge >= 0.3 is 0 Å². The third-order valence-corrected chi connectivity index (χ3v) is 4.65. The molecule has 0 amide bonds. The van der Waals surface area contributed by atoms with Gasteiger partial charge in [0.15, 0.2) is 5.79 Å². The minimum atomic E-state index is -0.488. The molecule has 1 atom stereocenters. The van der Waals surface area contributed by atoms with Crippen molar-refractivity contribution in [1.29, 1.82) is 0 Å². The highest BCUT2D eigenvalue weighted by Crippen LogP contribution is 2.31. The molecule has 0 aliphatic rings. The quantitative estimate of drug-likeness (QED) is 0.205. The van der Waals surface area contributed by atoms with Crippen LogP contribution in [0.1, 0.15) is 78.6 Å². The highest BCUT2D eigenvalue weighted by Gasteiger charge is 2.33. The van der Waals surface area contributed by atoms with E-state index >= 15 is 0 Å². The Kier molecular flexibility index (Phi) is 13.8. The molecule has 0 bridgehead atoms. The van der Waals surface area contributed by atoms with E-state index in [4.69, 9.17) is 14.2 Å². The Hall–Kier alpha value is -0.380. The maximum atomic E-state index is 5.66. The van der Waals surface area contributed by atoms with Crippen molar-refractivity contribution in [2.24, 2.45) is 5.92 Å². The Bertz CT molecular complexity index is 285. The zero-order chi connectivity index (χ0) is 17.6. The molecule has 0 aliphatic carbocycles. The fourth-order valence-corrected chi connectivity index (χ4v) is 2.93. The fourth-order valence-electron chi connectivity index (χ4n) is 2.93. The molecule has 3 heteroatoms. The number of ether oxygens (including phenoxy) is 3. The normalized spacial score (nSPS) is 13.3. The molecular weight excluding hydrogens is 288 g/mol. The molecule has 3 nitrogen and oxygen atoms in total. The van der Waals surface area contributed by atoms with Gasteiger partial charge in [-0.3, -0.25) is 0 Å². The molecular formula is C20H40O3. The van der Waals surface area contributed by atoms with E-state index in [1.54, 1.807) is 14.2 Å². The van der Waals surface area contributed by atoms with Crippen LogP contribution in [-0.2, 0) is 14.2 Å². The largest absolute Gasteiger partial charge is 0.377 e. The van der Waals surface area contributed by atoms with Gasteiger partial charge < -0.3 is 14.2 Å². The molecule has 0 saturated heterocycles. The molecule has 0 aromatic carbocycles. The maximum absolute atomic E-state index is 5.66. The number of methoxy groups -OCH3 is 2. The number of rotatable bonds is 16. The lowest BCUT2D eigenvalue weighted by Crippen LogP contribution is -2.39.